The van der Waals surface area contributed by atoms with Gasteiger partial charge in [0.2, 0.25) is 0 Å². The van der Waals surface area contributed by atoms with Gasteiger partial charge in [-0.05, 0) is 53.8 Å². The number of rotatable bonds is 3. The van der Waals surface area contributed by atoms with Crippen molar-refractivity contribution in [2.24, 2.45) is 0 Å². The van der Waals surface area contributed by atoms with Gasteiger partial charge in [-0.25, -0.2) is 4.98 Å². The van der Waals surface area contributed by atoms with Crippen molar-refractivity contribution in [1.29, 1.82) is 0 Å². The van der Waals surface area contributed by atoms with E-state index in [1.54, 1.807) is 6.07 Å². The molecule has 26 heavy (non-hydrogen) atoms. The Morgan fingerprint density at radius 3 is 2.50 bits per heavy atom. The summed E-state index contributed by atoms with van der Waals surface area (Å²) in [5.74, 6) is -1.13. The molecule has 3 aromatic rings. The first-order valence-corrected chi connectivity index (χ1v) is 8.66. The maximum Gasteiger partial charge on any atom is 0.0725 e. The summed E-state index contributed by atoms with van der Waals surface area (Å²) >= 11 is 0. The first kappa shape index (κ1) is 16.3. The maximum atomic E-state index is 11.8. The number of aromatic carboxylic acids is 1. The number of benzene rings is 2. The van der Waals surface area contributed by atoms with Gasteiger partial charge in [0.1, 0.15) is 0 Å². The van der Waals surface area contributed by atoms with E-state index in [-0.39, 0.29) is 5.56 Å². The molecule has 2 aromatic carbocycles. The fourth-order valence-corrected chi connectivity index (χ4v) is 3.58. The average Bonchev–Trinajstić information content (AvgIpc) is 3.02. The van der Waals surface area contributed by atoms with Crippen LogP contribution in [0.25, 0.3) is 22.6 Å². The Morgan fingerprint density at radius 1 is 1.08 bits per heavy atom. The van der Waals surface area contributed by atoms with Crippen LogP contribution in [0.5, 0.6) is 0 Å². The van der Waals surface area contributed by atoms with Crippen LogP contribution in [0.15, 0.2) is 48.5 Å². The van der Waals surface area contributed by atoms with E-state index in [9.17, 15) is 9.90 Å². The van der Waals surface area contributed by atoms with Gasteiger partial charge in [0.05, 0.1) is 17.2 Å². The lowest BCUT2D eigenvalue weighted by atomic mass is 10.0. The third kappa shape index (κ3) is 2.73. The molecule has 1 aliphatic carbocycles. The monoisotopic (exact) mass is 343 g/mol. The Hall–Kier alpha value is -3.14. The predicted octanol–water partition coefficient (Wildman–Crippen LogP) is 3.15. The molecule has 4 heteroatoms. The fraction of sp³-hybridized carbons (Fsp3) is 0.182. The predicted molar refractivity (Wildman–Crippen MR) is 103 cm³/mol. The molecule has 0 saturated heterocycles. The van der Waals surface area contributed by atoms with Gasteiger partial charge >= 0.3 is 0 Å². The molecule has 0 fully saturated rings. The van der Waals surface area contributed by atoms with Crippen molar-refractivity contribution >= 4 is 34.2 Å². The van der Waals surface area contributed by atoms with Crippen molar-refractivity contribution in [2.45, 2.75) is 12.8 Å². The first-order chi connectivity index (χ1) is 12.5. The molecule has 130 valence electrons. The standard InChI is InChI=1S/C22H20N2O2/c1-24(2)16-10-7-14(8-11-16)13-15-9-12-18-20(22(25)26)17-5-3-4-6-19(17)23-21(15)18/h3-8,10-11,13H,9,12H2,1-2H3,(H,25,26)/p-1/b15-13+. The lowest BCUT2D eigenvalue weighted by molar-refractivity contribution is -0.254. The number of carboxylic acids is 1. The minimum Gasteiger partial charge on any atom is -0.545 e. The van der Waals surface area contributed by atoms with Crippen LogP contribution in [-0.4, -0.2) is 25.0 Å². The van der Waals surface area contributed by atoms with Crippen molar-refractivity contribution in [3.63, 3.8) is 0 Å². The zero-order chi connectivity index (χ0) is 18.3. The van der Waals surface area contributed by atoms with E-state index in [1.807, 2.05) is 32.3 Å². The summed E-state index contributed by atoms with van der Waals surface area (Å²) in [6.07, 6.45) is 3.57. The second-order valence-corrected chi connectivity index (χ2v) is 6.77. The number of allylic oxidation sites excluding steroid dienone is 1. The number of hydrogen-bond acceptors (Lipinski definition) is 4. The zero-order valence-corrected chi connectivity index (χ0v) is 14.8. The van der Waals surface area contributed by atoms with E-state index in [1.165, 1.54) is 0 Å². The molecule has 4 rings (SSSR count). The number of nitrogens with zero attached hydrogens (tertiary/aromatic N) is 2. The summed E-state index contributed by atoms with van der Waals surface area (Å²) in [5.41, 5.74) is 5.87. The summed E-state index contributed by atoms with van der Waals surface area (Å²) in [6.45, 7) is 0. The molecule has 0 aliphatic heterocycles. The number of carbonyl (C=O) groups is 1. The van der Waals surface area contributed by atoms with Gasteiger partial charge < -0.3 is 14.8 Å². The van der Waals surface area contributed by atoms with Crippen molar-refractivity contribution in [2.75, 3.05) is 19.0 Å². The van der Waals surface area contributed by atoms with E-state index in [4.69, 9.17) is 4.98 Å². The first-order valence-electron chi connectivity index (χ1n) is 8.66. The molecule has 0 amide bonds. The van der Waals surface area contributed by atoms with Crippen LogP contribution in [0, 0.1) is 0 Å². The zero-order valence-electron chi connectivity index (χ0n) is 14.8. The lowest BCUT2D eigenvalue weighted by Gasteiger charge is -2.13. The van der Waals surface area contributed by atoms with Gasteiger partial charge in [-0.2, -0.15) is 0 Å². The van der Waals surface area contributed by atoms with Gasteiger partial charge in [-0.3, -0.25) is 0 Å². The van der Waals surface area contributed by atoms with Gasteiger partial charge in [-0.1, -0.05) is 30.3 Å². The van der Waals surface area contributed by atoms with Gasteiger partial charge in [0.25, 0.3) is 0 Å². The summed E-state index contributed by atoms with van der Waals surface area (Å²) in [7, 11) is 4.02. The molecule has 0 spiro atoms. The Bertz CT molecular complexity index is 1030. The SMILES string of the molecule is CN(C)c1ccc(/C=C2\CCc3c2nc2ccccc2c3C(=O)[O-])cc1. The second-order valence-electron chi connectivity index (χ2n) is 6.77. The van der Waals surface area contributed by atoms with Crippen LogP contribution in [0.1, 0.15) is 33.6 Å². The number of aromatic nitrogens is 1. The summed E-state index contributed by atoms with van der Waals surface area (Å²) < 4.78 is 0. The molecular weight excluding hydrogens is 324 g/mol. The number of carboxylic acid groups (broad SMARTS) is 1. The van der Waals surface area contributed by atoms with Crippen LogP contribution >= 0.6 is 0 Å². The highest BCUT2D eigenvalue weighted by molar-refractivity contribution is 6.05. The van der Waals surface area contributed by atoms with Crippen LogP contribution in [-0.2, 0) is 6.42 Å². The average molecular weight is 343 g/mol. The maximum absolute atomic E-state index is 11.8. The van der Waals surface area contributed by atoms with E-state index in [0.717, 1.165) is 34.5 Å². The van der Waals surface area contributed by atoms with Crippen molar-refractivity contribution in [1.82, 2.24) is 4.98 Å². The molecule has 1 heterocycles. The van der Waals surface area contributed by atoms with Crippen molar-refractivity contribution in [3.8, 4) is 0 Å². The minimum atomic E-state index is -1.13. The van der Waals surface area contributed by atoms with Gasteiger partial charge in [0.15, 0.2) is 0 Å². The normalized spacial score (nSPS) is 14.6. The third-order valence-corrected chi connectivity index (χ3v) is 4.90. The van der Waals surface area contributed by atoms with Crippen LogP contribution < -0.4 is 10.0 Å². The van der Waals surface area contributed by atoms with Crippen LogP contribution in [0.3, 0.4) is 0 Å². The molecule has 0 bridgehead atoms. The van der Waals surface area contributed by atoms with Crippen molar-refractivity contribution in [3.05, 3.63) is 70.9 Å². The van der Waals surface area contributed by atoms with Crippen LogP contribution in [0.2, 0.25) is 0 Å². The number of fused-ring (bicyclic) bond motifs is 2. The Labute approximate surface area is 152 Å². The number of anilines is 1. The summed E-state index contributed by atoms with van der Waals surface area (Å²) in [4.78, 5) is 18.6. The summed E-state index contributed by atoms with van der Waals surface area (Å²) in [6, 6.07) is 15.6. The molecule has 0 unspecified atom stereocenters. The molecule has 1 aliphatic rings. The quantitative estimate of drug-likeness (QED) is 0.733. The van der Waals surface area contributed by atoms with E-state index in [0.29, 0.717) is 17.3 Å². The molecule has 0 saturated carbocycles. The topological polar surface area (TPSA) is 56.3 Å². The van der Waals surface area contributed by atoms with Gasteiger partial charge in [-0.15, -0.1) is 0 Å². The molecule has 1 aromatic heterocycles. The Morgan fingerprint density at radius 2 is 1.81 bits per heavy atom. The minimum absolute atomic E-state index is 0.289. The Kier molecular flexibility index (Phi) is 3.96. The Balaban J connectivity index is 1.83. The van der Waals surface area contributed by atoms with Gasteiger partial charge in [0, 0.05) is 30.7 Å². The molecule has 0 N–H and O–H groups in total. The van der Waals surface area contributed by atoms with E-state index in [2.05, 4.69) is 35.2 Å². The number of carbonyl (C=O) groups excluding carboxylic acids is 1. The largest absolute Gasteiger partial charge is 0.545 e. The highest BCUT2D eigenvalue weighted by Gasteiger charge is 2.23. The number of hydrogen-bond donors (Lipinski definition) is 0. The molecular formula is C22H19N2O2-. The third-order valence-electron chi connectivity index (χ3n) is 4.90. The lowest BCUT2D eigenvalue weighted by Crippen LogP contribution is -2.24. The smallest absolute Gasteiger partial charge is 0.0725 e. The molecule has 4 nitrogen and oxygen atoms in total. The highest BCUT2D eigenvalue weighted by Crippen LogP contribution is 2.37. The molecule has 0 radical (unpaired) electrons. The number of para-hydroxylation sites is 1. The van der Waals surface area contributed by atoms with E-state index >= 15 is 0 Å². The van der Waals surface area contributed by atoms with Crippen molar-refractivity contribution < 1.29 is 9.90 Å². The summed E-state index contributed by atoms with van der Waals surface area (Å²) in [5, 5.41) is 12.4. The van der Waals surface area contributed by atoms with E-state index < -0.39 is 5.97 Å². The highest BCUT2D eigenvalue weighted by atomic mass is 16.4. The molecule has 0 atom stereocenters. The van der Waals surface area contributed by atoms with Crippen LogP contribution in [0.4, 0.5) is 5.69 Å². The second kappa shape index (κ2) is 6.30. The fourth-order valence-electron chi connectivity index (χ4n) is 3.58. The number of pyridine rings is 1.